The number of carbonyl (C=O) groups excluding carboxylic acids is 1. The summed E-state index contributed by atoms with van der Waals surface area (Å²) in [5, 5.41) is 11.2. The van der Waals surface area contributed by atoms with Gasteiger partial charge in [-0.05, 0) is 38.1 Å². The molecule has 1 aromatic rings. The van der Waals surface area contributed by atoms with Crippen LogP contribution in [0.2, 0.25) is 0 Å². The Morgan fingerprint density at radius 2 is 2.09 bits per heavy atom. The van der Waals surface area contributed by atoms with Gasteiger partial charge in [-0.25, -0.2) is 0 Å². The van der Waals surface area contributed by atoms with Crippen LogP contribution in [0.5, 0.6) is 0 Å². The maximum atomic E-state index is 12.5. The first-order valence-corrected chi connectivity index (χ1v) is 8.58. The third-order valence-corrected chi connectivity index (χ3v) is 5.11. The summed E-state index contributed by atoms with van der Waals surface area (Å²) in [5.74, 6) is 1.81. The van der Waals surface area contributed by atoms with E-state index in [4.69, 9.17) is 0 Å². The fourth-order valence-corrected chi connectivity index (χ4v) is 3.70. The van der Waals surface area contributed by atoms with E-state index in [1.54, 1.807) is 6.33 Å². The van der Waals surface area contributed by atoms with Gasteiger partial charge >= 0.3 is 0 Å². The summed E-state index contributed by atoms with van der Waals surface area (Å²) >= 11 is 0. The number of aromatic nitrogens is 3. The fourth-order valence-electron chi connectivity index (χ4n) is 3.70. The van der Waals surface area contributed by atoms with Crippen molar-refractivity contribution in [3.05, 3.63) is 12.2 Å². The van der Waals surface area contributed by atoms with Gasteiger partial charge in [0.05, 0.1) is 12.6 Å². The fraction of sp³-hybridized carbons (Fsp3) is 0.812. The molecule has 2 heterocycles. The number of nitrogens with one attached hydrogen (secondary N) is 1. The SMILES string of the molecule is Cn1cnnc1CN1CCC[C@@H]1C(=O)NCC1CCCCC1. The van der Waals surface area contributed by atoms with E-state index in [9.17, 15) is 4.79 Å². The van der Waals surface area contributed by atoms with E-state index in [2.05, 4.69) is 20.4 Å². The normalized spacial score (nSPS) is 23.8. The molecule has 0 bridgehead atoms. The monoisotopic (exact) mass is 305 g/mol. The van der Waals surface area contributed by atoms with Gasteiger partial charge in [0.2, 0.25) is 5.91 Å². The molecule has 1 saturated carbocycles. The van der Waals surface area contributed by atoms with Crippen LogP contribution in [0.3, 0.4) is 0 Å². The maximum Gasteiger partial charge on any atom is 0.237 e. The zero-order chi connectivity index (χ0) is 15.4. The molecule has 1 aliphatic carbocycles. The highest BCUT2D eigenvalue weighted by Gasteiger charge is 2.31. The third-order valence-electron chi connectivity index (χ3n) is 5.11. The predicted octanol–water partition coefficient (Wildman–Crippen LogP) is 1.48. The topological polar surface area (TPSA) is 63.1 Å². The van der Waals surface area contributed by atoms with Gasteiger partial charge in [-0.1, -0.05) is 19.3 Å². The van der Waals surface area contributed by atoms with Crippen molar-refractivity contribution in [2.75, 3.05) is 13.1 Å². The van der Waals surface area contributed by atoms with E-state index in [-0.39, 0.29) is 11.9 Å². The van der Waals surface area contributed by atoms with Gasteiger partial charge in [-0.15, -0.1) is 10.2 Å². The second kappa shape index (κ2) is 7.22. The van der Waals surface area contributed by atoms with Gasteiger partial charge in [0.1, 0.15) is 12.2 Å². The number of nitrogens with zero attached hydrogens (tertiary/aromatic N) is 4. The lowest BCUT2D eigenvalue weighted by Crippen LogP contribution is -2.44. The summed E-state index contributed by atoms with van der Waals surface area (Å²) < 4.78 is 1.93. The van der Waals surface area contributed by atoms with E-state index >= 15 is 0 Å². The van der Waals surface area contributed by atoms with Gasteiger partial charge < -0.3 is 9.88 Å². The molecule has 0 radical (unpaired) electrons. The molecule has 6 heteroatoms. The number of amides is 1. The lowest BCUT2D eigenvalue weighted by atomic mass is 9.89. The molecule has 3 rings (SSSR count). The highest BCUT2D eigenvalue weighted by Crippen LogP contribution is 2.23. The highest BCUT2D eigenvalue weighted by molar-refractivity contribution is 5.82. The van der Waals surface area contributed by atoms with Crippen LogP contribution in [0.1, 0.15) is 50.8 Å². The van der Waals surface area contributed by atoms with Crippen LogP contribution in [-0.4, -0.2) is 44.7 Å². The van der Waals surface area contributed by atoms with Crippen LogP contribution in [0, 0.1) is 5.92 Å². The molecule has 22 heavy (non-hydrogen) atoms. The first kappa shape index (κ1) is 15.5. The van der Waals surface area contributed by atoms with Gasteiger partial charge in [0, 0.05) is 13.6 Å². The molecule has 6 nitrogen and oxygen atoms in total. The molecular formula is C16H27N5O. The van der Waals surface area contributed by atoms with Crippen molar-refractivity contribution in [1.29, 1.82) is 0 Å². The molecule has 1 aromatic heterocycles. The van der Waals surface area contributed by atoms with Crippen molar-refractivity contribution in [3.63, 3.8) is 0 Å². The van der Waals surface area contributed by atoms with Crippen LogP contribution in [0.4, 0.5) is 0 Å². The molecule has 2 fully saturated rings. The highest BCUT2D eigenvalue weighted by atomic mass is 16.2. The Kier molecular flexibility index (Phi) is 5.08. The summed E-state index contributed by atoms with van der Waals surface area (Å²) in [6, 6.07) is 0.000269. The molecule has 0 spiro atoms. The first-order valence-electron chi connectivity index (χ1n) is 8.58. The van der Waals surface area contributed by atoms with Gasteiger partial charge in [-0.3, -0.25) is 9.69 Å². The van der Waals surface area contributed by atoms with E-state index in [0.29, 0.717) is 12.5 Å². The number of carbonyl (C=O) groups is 1. The number of hydrogen-bond donors (Lipinski definition) is 1. The third kappa shape index (κ3) is 3.66. The predicted molar refractivity (Wildman–Crippen MR) is 84.0 cm³/mol. The van der Waals surface area contributed by atoms with Crippen molar-refractivity contribution < 1.29 is 4.79 Å². The molecule has 1 N–H and O–H groups in total. The molecule has 1 saturated heterocycles. The maximum absolute atomic E-state index is 12.5. The van der Waals surface area contributed by atoms with E-state index in [0.717, 1.165) is 31.8 Å². The Hall–Kier alpha value is -1.43. The Morgan fingerprint density at radius 1 is 1.27 bits per heavy atom. The molecule has 122 valence electrons. The summed E-state index contributed by atoms with van der Waals surface area (Å²) in [6.07, 6.45) is 10.3. The average molecular weight is 305 g/mol. The Labute approximate surface area is 132 Å². The minimum Gasteiger partial charge on any atom is -0.354 e. The average Bonchev–Trinajstić information content (AvgIpc) is 3.16. The quantitative estimate of drug-likeness (QED) is 0.895. The molecule has 1 amide bonds. The molecule has 1 atom stereocenters. The molecule has 1 aliphatic heterocycles. The van der Waals surface area contributed by atoms with Gasteiger partial charge in [-0.2, -0.15) is 0 Å². The van der Waals surface area contributed by atoms with Crippen molar-refractivity contribution in [3.8, 4) is 0 Å². The van der Waals surface area contributed by atoms with Crippen LogP contribution >= 0.6 is 0 Å². The van der Waals surface area contributed by atoms with E-state index < -0.39 is 0 Å². The Bertz CT molecular complexity index is 494. The lowest BCUT2D eigenvalue weighted by Gasteiger charge is -2.26. The lowest BCUT2D eigenvalue weighted by molar-refractivity contribution is -0.125. The molecule has 2 aliphatic rings. The minimum atomic E-state index is 0.000269. The summed E-state index contributed by atoms with van der Waals surface area (Å²) in [4.78, 5) is 14.8. The summed E-state index contributed by atoms with van der Waals surface area (Å²) in [5.41, 5.74) is 0. The van der Waals surface area contributed by atoms with Gasteiger partial charge in [0.25, 0.3) is 0 Å². The first-order chi connectivity index (χ1) is 10.7. The summed E-state index contributed by atoms with van der Waals surface area (Å²) in [7, 11) is 1.95. The summed E-state index contributed by atoms with van der Waals surface area (Å²) in [6.45, 7) is 2.53. The number of rotatable bonds is 5. The van der Waals surface area contributed by atoms with E-state index in [1.165, 1.54) is 32.1 Å². The molecule has 0 unspecified atom stereocenters. The largest absolute Gasteiger partial charge is 0.354 e. The van der Waals surface area contributed by atoms with Crippen LogP contribution < -0.4 is 5.32 Å². The van der Waals surface area contributed by atoms with Gasteiger partial charge in [0.15, 0.2) is 0 Å². The number of hydrogen-bond acceptors (Lipinski definition) is 4. The van der Waals surface area contributed by atoms with Crippen molar-refractivity contribution in [2.45, 2.75) is 57.5 Å². The Morgan fingerprint density at radius 3 is 2.82 bits per heavy atom. The zero-order valence-corrected chi connectivity index (χ0v) is 13.5. The number of aryl methyl sites for hydroxylation is 1. The minimum absolute atomic E-state index is 0.000269. The van der Waals surface area contributed by atoms with Crippen molar-refractivity contribution in [1.82, 2.24) is 25.0 Å². The molecular weight excluding hydrogens is 278 g/mol. The van der Waals surface area contributed by atoms with E-state index in [1.807, 2.05) is 11.6 Å². The number of likely N-dealkylation sites (tertiary alicyclic amines) is 1. The standard InChI is InChI=1S/C16H27N5O/c1-20-12-18-19-15(20)11-21-9-5-8-14(21)16(22)17-10-13-6-3-2-4-7-13/h12-14H,2-11H2,1H3,(H,17,22)/t14-/m1/s1. The van der Waals surface area contributed by atoms with Crippen LogP contribution in [0.15, 0.2) is 6.33 Å². The smallest absolute Gasteiger partial charge is 0.237 e. The van der Waals surface area contributed by atoms with Crippen molar-refractivity contribution >= 4 is 5.91 Å². The van der Waals surface area contributed by atoms with Crippen LogP contribution in [-0.2, 0) is 18.4 Å². The zero-order valence-electron chi connectivity index (χ0n) is 13.5. The molecule has 0 aromatic carbocycles. The van der Waals surface area contributed by atoms with Crippen molar-refractivity contribution in [2.24, 2.45) is 13.0 Å². The Balaban J connectivity index is 1.51. The second-order valence-electron chi connectivity index (χ2n) is 6.74. The second-order valence-corrected chi connectivity index (χ2v) is 6.74. The van der Waals surface area contributed by atoms with Crippen LogP contribution in [0.25, 0.3) is 0 Å².